The highest BCUT2D eigenvalue weighted by atomic mass is 19.1. The van der Waals surface area contributed by atoms with Gasteiger partial charge in [0.05, 0.1) is 0 Å². The molecule has 0 bridgehead atoms. The standard InChI is InChI=1S/C10H16FN3/c1-7(2)14-10-9(11)8(6-12-3)4-5-13-10/h4-5,7,12H,6H2,1-3H3,(H,13,14). The van der Waals surface area contributed by atoms with Gasteiger partial charge < -0.3 is 10.6 Å². The van der Waals surface area contributed by atoms with Crippen LogP contribution in [0.4, 0.5) is 10.2 Å². The summed E-state index contributed by atoms with van der Waals surface area (Å²) in [6, 6.07) is 1.86. The molecule has 0 aromatic carbocycles. The summed E-state index contributed by atoms with van der Waals surface area (Å²) in [4.78, 5) is 3.95. The van der Waals surface area contributed by atoms with Crippen LogP contribution in [0.15, 0.2) is 12.3 Å². The topological polar surface area (TPSA) is 37.0 Å². The second kappa shape index (κ2) is 4.91. The molecule has 2 N–H and O–H groups in total. The van der Waals surface area contributed by atoms with Gasteiger partial charge in [0.2, 0.25) is 0 Å². The fourth-order valence-electron chi connectivity index (χ4n) is 1.18. The van der Waals surface area contributed by atoms with Gasteiger partial charge in [-0.25, -0.2) is 9.37 Å². The number of anilines is 1. The highest BCUT2D eigenvalue weighted by molar-refractivity contribution is 5.40. The molecular formula is C10H16FN3. The summed E-state index contributed by atoms with van der Waals surface area (Å²) in [5.74, 6) is 0.0586. The predicted molar refractivity (Wildman–Crippen MR) is 55.7 cm³/mol. The third kappa shape index (κ3) is 2.67. The maximum Gasteiger partial charge on any atom is 0.169 e. The first-order chi connectivity index (χ1) is 6.65. The molecule has 0 saturated heterocycles. The van der Waals surface area contributed by atoms with Crippen LogP contribution < -0.4 is 10.6 Å². The van der Waals surface area contributed by atoms with Gasteiger partial charge in [-0.05, 0) is 27.0 Å². The van der Waals surface area contributed by atoms with Crippen LogP contribution in [0.3, 0.4) is 0 Å². The number of nitrogens with zero attached hydrogens (tertiary/aromatic N) is 1. The normalized spacial score (nSPS) is 10.6. The van der Waals surface area contributed by atoms with Crippen molar-refractivity contribution < 1.29 is 4.39 Å². The molecule has 78 valence electrons. The number of aromatic nitrogens is 1. The lowest BCUT2D eigenvalue weighted by Crippen LogP contribution is -2.15. The minimum Gasteiger partial charge on any atom is -0.365 e. The van der Waals surface area contributed by atoms with Crippen molar-refractivity contribution in [3.63, 3.8) is 0 Å². The van der Waals surface area contributed by atoms with E-state index in [2.05, 4.69) is 15.6 Å². The zero-order chi connectivity index (χ0) is 10.6. The molecule has 0 atom stereocenters. The average Bonchev–Trinajstić information content (AvgIpc) is 2.11. The van der Waals surface area contributed by atoms with Crippen LogP contribution in [-0.2, 0) is 6.54 Å². The summed E-state index contributed by atoms with van der Waals surface area (Å²) in [6.45, 7) is 4.42. The highest BCUT2D eigenvalue weighted by Crippen LogP contribution is 2.15. The van der Waals surface area contributed by atoms with Crippen molar-refractivity contribution >= 4 is 5.82 Å². The lowest BCUT2D eigenvalue weighted by atomic mass is 10.2. The van der Waals surface area contributed by atoms with E-state index in [-0.39, 0.29) is 11.9 Å². The molecule has 0 saturated carbocycles. The first kappa shape index (κ1) is 10.9. The van der Waals surface area contributed by atoms with Crippen molar-refractivity contribution in [1.82, 2.24) is 10.3 Å². The van der Waals surface area contributed by atoms with Crippen molar-refractivity contribution in [2.45, 2.75) is 26.4 Å². The Morgan fingerprint density at radius 2 is 2.21 bits per heavy atom. The van der Waals surface area contributed by atoms with Crippen molar-refractivity contribution in [1.29, 1.82) is 0 Å². The van der Waals surface area contributed by atoms with E-state index in [0.29, 0.717) is 17.9 Å². The lowest BCUT2D eigenvalue weighted by molar-refractivity contribution is 0.595. The van der Waals surface area contributed by atoms with Crippen LogP contribution >= 0.6 is 0 Å². The Bertz CT molecular complexity index is 299. The van der Waals surface area contributed by atoms with Gasteiger partial charge in [0.15, 0.2) is 11.6 Å². The fraction of sp³-hybridized carbons (Fsp3) is 0.500. The Kier molecular flexibility index (Phi) is 3.83. The van der Waals surface area contributed by atoms with Crippen molar-refractivity contribution in [2.24, 2.45) is 0 Å². The number of halogens is 1. The predicted octanol–water partition coefficient (Wildman–Crippen LogP) is 1.76. The van der Waals surface area contributed by atoms with Gasteiger partial charge in [0.25, 0.3) is 0 Å². The van der Waals surface area contributed by atoms with Gasteiger partial charge in [0, 0.05) is 24.3 Å². The van der Waals surface area contributed by atoms with Gasteiger partial charge in [-0.2, -0.15) is 0 Å². The fourth-order valence-corrected chi connectivity index (χ4v) is 1.18. The molecule has 0 fully saturated rings. The number of hydrogen-bond acceptors (Lipinski definition) is 3. The van der Waals surface area contributed by atoms with Gasteiger partial charge >= 0.3 is 0 Å². The Labute approximate surface area is 83.7 Å². The van der Waals surface area contributed by atoms with Crippen molar-refractivity contribution in [2.75, 3.05) is 12.4 Å². The van der Waals surface area contributed by atoms with Crippen molar-refractivity contribution in [3.05, 3.63) is 23.6 Å². The summed E-state index contributed by atoms with van der Waals surface area (Å²) in [6.07, 6.45) is 1.61. The summed E-state index contributed by atoms with van der Waals surface area (Å²) in [5.41, 5.74) is 0.630. The lowest BCUT2D eigenvalue weighted by Gasteiger charge is -2.11. The van der Waals surface area contributed by atoms with E-state index in [0.717, 1.165) is 0 Å². The maximum absolute atomic E-state index is 13.7. The van der Waals surface area contributed by atoms with E-state index in [1.54, 1.807) is 19.3 Å². The highest BCUT2D eigenvalue weighted by Gasteiger charge is 2.08. The molecule has 1 heterocycles. The van der Waals surface area contributed by atoms with E-state index in [1.165, 1.54) is 0 Å². The molecule has 0 spiro atoms. The molecule has 0 radical (unpaired) electrons. The van der Waals surface area contributed by atoms with E-state index in [9.17, 15) is 4.39 Å². The molecule has 1 aromatic rings. The van der Waals surface area contributed by atoms with Gasteiger partial charge in [-0.15, -0.1) is 0 Å². The molecule has 1 aromatic heterocycles. The van der Waals surface area contributed by atoms with Crippen molar-refractivity contribution in [3.8, 4) is 0 Å². The van der Waals surface area contributed by atoms with Crippen LogP contribution in [-0.4, -0.2) is 18.1 Å². The minimum absolute atomic E-state index is 0.182. The average molecular weight is 197 g/mol. The summed E-state index contributed by atoms with van der Waals surface area (Å²) in [7, 11) is 1.79. The zero-order valence-electron chi connectivity index (χ0n) is 8.76. The largest absolute Gasteiger partial charge is 0.365 e. The number of rotatable bonds is 4. The van der Waals surface area contributed by atoms with Gasteiger partial charge in [-0.1, -0.05) is 0 Å². The number of pyridine rings is 1. The molecule has 3 nitrogen and oxygen atoms in total. The molecule has 0 amide bonds. The SMILES string of the molecule is CNCc1ccnc(NC(C)C)c1F. The summed E-state index contributed by atoms with van der Waals surface area (Å²) >= 11 is 0. The molecule has 0 aliphatic carbocycles. The van der Waals surface area contributed by atoms with E-state index in [1.807, 2.05) is 13.8 Å². The van der Waals surface area contributed by atoms with Crippen LogP contribution in [0.25, 0.3) is 0 Å². The van der Waals surface area contributed by atoms with Crippen LogP contribution in [0, 0.1) is 5.82 Å². The zero-order valence-corrected chi connectivity index (χ0v) is 8.76. The molecular weight excluding hydrogens is 181 g/mol. The van der Waals surface area contributed by atoms with Gasteiger partial charge in [0.1, 0.15) is 0 Å². The monoisotopic (exact) mass is 197 g/mol. The molecule has 1 rings (SSSR count). The first-order valence-corrected chi connectivity index (χ1v) is 4.69. The third-order valence-electron chi connectivity index (χ3n) is 1.76. The summed E-state index contributed by atoms with van der Waals surface area (Å²) in [5, 5.41) is 5.87. The number of hydrogen-bond donors (Lipinski definition) is 2. The molecule has 14 heavy (non-hydrogen) atoms. The number of nitrogens with one attached hydrogen (secondary N) is 2. The summed E-state index contributed by atoms with van der Waals surface area (Å²) < 4.78 is 13.7. The molecule has 0 aliphatic rings. The Morgan fingerprint density at radius 1 is 1.50 bits per heavy atom. The Hall–Kier alpha value is -1.16. The van der Waals surface area contributed by atoms with Crippen LogP contribution in [0.5, 0.6) is 0 Å². The first-order valence-electron chi connectivity index (χ1n) is 4.69. The second-order valence-electron chi connectivity index (χ2n) is 3.46. The molecule has 4 heteroatoms. The third-order valence-corrected chi connectivity index (χ3v) is 1.76. The Balaban J connectivity index is 2.89. The second-order valence-corrected chi connectivity index (χ2v) is 3.46. The maximum atomic E-state index is 13.7. The van der Waals surface area contributed by atoms with Gasteiger partial charge in [-0.3, -0.25) is 0 Å². The van der Waals surface area contributed by atoms with Crippen LogP contribution in [0.1, 0.15) is 19.4 Å². The molecule has 0 aliphatic heterocycles. The van der Waals surface area contributed by atoms with E-state index < -0.39 is 0 Å². The molecule has 0 unspecified atom stereocenters. The van der Waals surface area contributed by atoms with E-state index >= 15 is 0 Å². The minimum atomic E-state index is -0.268. The Morgan fingerprint density at radius 3 is 2.79 bits per heavy atom. The smallest absolute Gasteiger partial charge is 0.169 e. The van der Waals surface area contributed by atoms with E-state index in [4.69, 9.17) is 0 Å². The van der Waals surface area contributed by atoms with Crippen LogP contribution in [0.2, 0.25) is 0 Å². The quantitative estimate of drug-likeness (QED) is 0.772.